The summed E-state index contributed by atoms with van der Waals surface area (Å²) in [6, 6.07) is 7.83. The van der Waals surface area contributed by atoms with Gasteiger partial charge in [-0.2, -0.15) is 0 Å². The standard InChI is InChI=1S/C12H13N2O/c1-9-4-5-10(2)11(8-9)15-12-6-7-14(3)13-12/h4-6,8H,1-3H3. The van der Waals surface area contributed by atoms with E-state index in [-0.39, 0.29) is 0 Å². The largest absolute Gasteiger partial charge is 0.437 e. The molecule has 3 heteroatoms. The van der Waals surface area contributed by atoms with Crippen molar-refractivity contribution in [3.8, 4) is 11.6 Å². The molecule has 0 amide bonds. The minimum Gasteiger partial charge on any atom is -0.437 e. The van der Waals surface area contributed by atoms with Crippen LogP contribution in [0.1, 0.15) is 11.1 Å². The van der Waals surface area contributed by atoms with E-state index in [1.807, 2.05) is 33.0 Å². The van der Waals surface area contributed by atoms with Gasteiger partial charge in [0, 0.05) is 13.1 Å². The van der Waals surface area contributed by atoms with Crippen LogP contribution in [0.2, 0.25) is 0 Å². The number of nitrogens with zero attached hydrogens (tertiary/aromatic N) is 2. The Balaban J connectivity index is 2.27. The lowest BCUT2D eigenvalue weighted by Crippen LogP contribution is -1.91. The zero-order valence-electron chi connectivity index (χ0n) is 9.11. The second-order valence-corrected chi connectivity index (χ2v) is 3.61. The van der Waals surface area contributed by atoms with Gasteiger partial charge in [0.05, 0.1) is 6.20 Å². The molecule has 0 spiro atoms. The fourth-order valence-electron chi connectivity index (χ4n) is 1.33. The summed E-state index contributed by atoms with van der Waals surface area (Å²) in [6.07, 6.45) is 2.90. The van der Waals surface area contributed by atoms with Gasteiger partial charge in [-0.05, 0) is 31.0 Å². The van der Waals surface area contributed by atoms with E-state index in [9.17, 15) is 0 Å². The number of rotatable bonds is 2. The maximum absolute atomic E-state index is 5.65. The second-order valence-electron chi connectivity index (χ2n) is 3.61. The zero-order valence-corrected chi connectivity index (χ0v) is 9.11. The molecule has 0 saturated heterocycles. The van der Waals surface area contributed by atoms with E-state index in [1.165, 1.54) is 5.56 Å². The molecular formula is C12H13N2O. The van der Waals surface area contributed by atoms with Crippen molar-refractivity contribution in [1.29, 1.82) is 0 Å². The van der Waals surface area contributed by atoms with Crippen LogP contribution in [0.15, 0.2) is 24.3 Å². The smallest absolute Gasteiger partial charge is 0.238 e. The Morgan fingerprint density at radius 3 is 2.80 bits per heavy atom. The summed E-state index contributed by atoms with van der Waals surface area (Å²) in [4.78, 5) is 0. The Morgan fingerprint density at radius 2 is 2.13 bits per heavy atom. The molecular weight excluding hydrogens is 188 g/mol. The molecule has 1 heterocycles. The van der Waals surface area contributed by atoms with E-state index in [0.717, 1.165) is 11.3 Å². The summed E-state index contributed by atoms with van der Waals surface area (Å²) in [5, 5.41) is 4.12. The van der Waals surface area contributed by atoms with E-state index < -0.39 is 0 Å². The maximum Gasteiger partial charge on any atom is 0.238 e. The maximum atomic E-state index is 5.65. The van der Waals surface area contributed by atoms with Crippen LogP contribution in [-0.2, 0) is 7.05 Å². The molecule has 0 unspecified atom stereocenters. The van der Waals surface area contributed by atoms with E-state index in [2.05, 4.69) is 17.4 Å². The van der Waals surface area contributed by atoms with Crippen LogP contribution in [-0.4, -0.2) is 9.78 Å². The summed E-state index contributed by atoms with van der Waals surface area (Å²) < 4.78 is 7.25. The number of aromatic nitrogens is 2. The Hall–Kier alpha value is -1.77. The van der Waals surface area contributed by atoms with E-state index >= 15 is 0 Å². The van der Waals surface area contributed by atoms with Crippen LogP contribution >= 0.6 is 0 Å². The first-order valence-electron chi connectivity index (χ1n) is 4.82. The number of aryl methyl sites for hydroxylation is 3. The van der Waals surface area contributed by atoms with Crippen molar-refractivity contribution in [1.82, 2.24) is 9.78 Å². The molecule has 0 aliphatic carbocycles. The highest BCUT2D eigenvalue weighted by atomic mass is 16.5. The van der Waals surface area contributed by atoms with Gasteiger partial charge in [0.15, 0.2) is 0 Å². The summed E-state index contributed by atoms with van der Waals surface area (Å²) in [7, 11) is 1.82. The highest BCUT2D eigenvalue weighted by Gasteiger charge is 2.03. The minimum atomic E-state index is 0.575. The monoisotopic (exact) mass is 201 g/mol. The Bertz CT molecular complexity index is 474. The molecule has 0 fully saturated rings. The lowest BCUT2D eigenvalue weighted by Gasteiger charge is -2.06. The van der Waals surface area contributed by atoms with Crippen molar-refractivity contribution in [2.75, 3.05) is 0 Å². The lowest BCUT2D eigenvalue weighted by molar-refractivity contribution is 0.450. The average Bonchev–Trinajstić information content (AvgIpc) is 2.58. The predicted octanol–water partition coefficient (Wildman–Crippen LogP) is 2.63. The first-order valence-corrected chi connectivity index (χ1v) is 4.82. The van der Waals surface area contributed by atoms with Crippen LogP contribution in [0.4, 0.5) is 0 Å². The van der Waals surface area contributed by atoms with Crippen molar-refractivity contribution in [3.05, 3.63) is 41.6 Å². The van der Waals surface area contributed by atoms with Crippen molar-refractivity contribution in [3.63, 3.8) is 0 Å². The van der Waals surface area contributed by atoms with Gasteiger partial charge in [-0.1, -0.05) is 12.1 Å². The van der Waals surface area contributed by atoms with Gasteiger partial charge in [-0.25, -0.2) is 0 Å². The zero-order chi connectivity index (χ0) is 10.8. The summed E-state index contributed by atoms with van der Waals surface area (Å²) in [5.74, 6) is 1.42. The van der Waals surface area contributed by atoms with E-state index in [0.29, 0.717) is 5.88 Å². The van der Waals surface area contributed by atoms with Crippen LogP contribution in [0.3, 0.4) is 0 Å². The fraction of sp³-hybridized carbons (Fsp3) is 0.250. The molecule has 0 atom stereocenters. The third kappa shape index (κ3) is 2.18. The van der Waals surface area contributed by atoms with Gasteiger partial charge in [0.2, 0.25) is 5.88 Å². The van der Waals surface area contributed by atoms with Crippen molar-refractivity contribution in [2.24, 2.45) is 7.05 Å². The molecule has 2 rings (SSSR count). The molecule has 0 aliphatic rings. The number of hydrogen-bond donors (Lipinski definition) is 0. The van der Waals surface area contributed by atoms with Crippen molar-refractivity contribution < 1.29 is 4.74 Å². The fourth-order valence-corrected chi connectivity index (χ4v) is 1.33. The number of benzene rings is 1. The molecule has 2 aromatic rings. The Labute approximate surface area is 89.3 Å². The molecule has 77 valence electrons. The summed E-state index contributed by atoms with van der Waals surface area (Å²) in [5.41, 5.74) is 2.28. The third-order valence-electron chi connectivity index (χ3n) is 2.18. The van der Waals surface area contributed by atoms with Gasteiger partial charge in [0.25, 0.3) is 0 Å². The average molecular weight is 201 g/mol. The normalized spacial score (nSPS) is 10.3. The highest BCUT2D eigenvalue weighted by Crippen LogP contribution is 2.24. The first kappa shape index (κ1) is 9.77. The van der Waals surface area contributed by atoms with Gasteiger partial charge >= 0.3 is 0 Å². The predicted molar refractivity (Wildman–Crippen MR) is 58.0 cm³/mol. The van der Waals surface area contributed by atoms with Gasteiger partial charge in [0.1, 0.15) is 5.75 Å². The minimum absolute atomic E-state index is 0.575. The van der Waals surface area contributed by atoms with Crippen molar-refractivity contribution >= 4 is 0 Å². The quantitative estimate of drug-likeness (QED) is 0.746. The molecule has 3 nitrogen and oxygen atoms in total. The molecule has 1 aromatic carbocycles. The molecule has 1 radical (unpaired) electrons. The van der Waals surface area contributed by atoms with E-state index in [4.69, 9.17) is 4.74 Å². The SMILES string of the molecule is Cc1ccc(C)c(Oc2c[c]n(C)n2)c1. The van der Waals surface area contributed by atoms with Crippen LogP contribution < -0.4 is 4.74 Å². The van der Waals surface area contributed by atoms with E-state index in [1.54, 1.807) is 10.7 Å². The van der Waals surface area contributed by atoms with Crippen molar-refractivity contribution in [2.45, 2.75) is 13.8 Å². The van der Waals surface area contributed by atoms with Crippen LogP contribution in [0.5, 0.6) is 11.6 Å². The summed E-state index contributed by atoms with van der Waals surface area (Å²) in [6.45, 7) is 4.05. The summed E-state index contributed by atoms with van der Waals surface area (Å²) >= 11 is 0. The number of hydrogen-bond acceptors (Lipinski definition) is 2. The first-order chi connectivity index (χ1) is 7.15. The van der Waals surface area contributed by atoms with Gasteiger partial charge in [-0.3, -0.25) is 4.68 Å². The molecule has 0 bridgehead atoms. The second kappa shape index (κ2) is 3.77. The Morgan fingerprint density at radius 1 is 1.33 bits per heavy atom. The molecule has 1 aromatic heterocycles. The lowest BCUT2D eigenvalue weighted by atomic mass is 10.1. The molecule has 0 saturated carbocycles. The van der Waals surface area contributed by atoms with Crippen LogP contribution in [0.25, 0.3) is 0 Å². The van der Waals surface area contributed by atoms with Gasteiger partial charge < -0.3 is 4.74 Å². The topological polar surface area (TPSA) is 27.1 Å². The molecule has 0 aliphatic heterocycles. The van der Waals surface area contributed by atoms with Crippen LogP contribution in [0, 0.1) is 20.0 Å². The molecule has 15 heavy (non-hydrogen) atoms. The number of ether oxygens (including phenoxy) is 1. The highest BCUT2D eigenvalue weighted by molar-refractivity contribution is 5.38. The molecule has 0 N–H and O–H groups in total. The van der Waals surface area contributed by atoms with Gasteiger partial charge in [-0.15, -0.1) is 5.10 Å². The Kier molecular flexibility index (Phi) is 2.46. The third-order valence-corrected chi connectivity index (χ3v) is 2.18.